The van der Waals surface area contributed by atoms with Gasteiger partial charge in [0.05, 0.1) is 12.0 Å². The fourth-order valence-electron chi connectivity index (χ4n) is 3.14. The number of amides is 2. The van der Waals surface area contributed by atoms with Crippen LogP contribution in [0.25, 0.3) is 0 Å². The fraction of sp³-hybridized carbons (Fsp3) is 0.500. The van der Waals surface area contributed by atoms with Crippen molar-refractivity contribution < 1.29 is 14.3 Å². The topological polar surface area (TPSA) is 49.9 Å². The van der Waals surface area contributed by atoms with Crippen molar-refractivity contribution in [3.05, 3.63) is 28.8 Å². The number of piperidine rings is 1. The summed E-state index contributed by atoms with van der Waals surface area (Å²) < 4.78 is 6.14. The van der Waals surface area contributed by atoms with Gasteiger partial charge in [0.1, 0.15) is 11.4 Å². The first-order valence-electron chi connectivity index (χ1n) is 7.38. The summed E-state index contributed by atoms with van der Waals surface area (Å²) in [4.78, 5) is 27.8. The molecule has 0 saturated carbocycles. The quantitative estimate of drug-likeness (QED) is 0.738. The zero-order valence-electron chi connectivity index (χ0n) is 12.8. The molecule has 0 unspecified atom stereocenters. The molecule has 6 heteroatoms. The van der Waals surface area contributed by atoms with Gasteiger partial charge in [-0.2, -0.15) is 0 Å². The predicted octanol–water partition coefficient (Wildman–Crippen LogP) is 2.82. The molecule has 3 rings (SSSR count). The van der Waals surface area contributed by atoms with Gasteiger partial charge in [-0.3, -0.25) is 4.79 Å². The van der Waals surface area contributed by atoms with Gasteiger partial charge < -0.3 is 14.5 Å². The summed E-state index contributed by atoms with van der Waals surface area (Å²) in [5.41, 5.74) is 0.0968. The lowest BCUT2D eigenvalue weighted by atomic mass is 9.82. The van der Waals surface area contributed by atoms with E-state index in [-0.39, 0.29) is 11.8 Å². The molecular weight excluding hydrogens is 304 g/mol. The Balaban J connectivity index is 1.77. The molecule has 2 heterocycles. The van der Waals surface area contributed by atoms with E-state index in [0.29, 0.717) is 48.7 Å². The number of hydrogen-bond donors (Lipinski definition) is 0. The van der Waals surface area contributed by atoms with Crippen LogP contribution >= 0.6 is 11.6 Å². The molecule has 0 radical (unpaired) electrons. The third kappa shape index (κ3) is 2.65. The summed E-state index contributed by atoms with van der Waals surface area (Å²) in [6, 6.07) is 5.13. The fourth-order valence-corrected chi connectivity index (χ4v) is 3.30. The van der Waals surface area contributed by atoms with Crippen molar-refractivity contribution in [1.82, 2.24) is 9.80 Å². The van der Waals surface area contributed by atoms with E-state index in [0.717, 1.165) is 0 Å². The van der Waals surface area contributed by atoms with Crippen molar-refractivity contribution in [2.45, 2.75) is 24.9 Å². The molecule has 0 N–H and O–H groups in total. The number of likely N-dealkylation sites (tertiary alicyclic amines) is 1. The summed E-state index contributed by atoms with van der Waals surface area (Å²) in [6.45, 7) is 1.19. The molecule has 0 atom stereocenters. The number of rotatable bonds is 0. The number of Topliss-reactive ketones (excluding diaryl/α,β-unsaturated/α-hetero) is 1. The van der Waals surface area contributed by atoms with Crippen LogP contribution in [0.5, 0.6) is 5.75 Å². The number of carbonyl (C=O) groups excluding carboxylic acids is 2. The normalized spacial score (nSPS) is 19.6. The van der Waals surface area contributed by atoms with E-state index >= 15 is 0 Å². The predicted molar refractivity (Wildman–Crippen MR) is 83.6 cm³/mol. The highest BCUT2D eigenvalue weighted by atomic mass is 35.5. The van der Waals surface area contributed by atoms with E-state index in [1.165, 1.54) is 0 Å². The van der Waals surface area contributed by atoms with E-state index in [1.807, 2.05) is 0 Å². The second-order valence-electron chi connectivity index (χ2n) is 6.19. The van der Waals surface area contributed by atoms with Crippen LogP contribution in [0, 0.1) is 0 Å². The highest BCUT2D eigenvalue weighted by Gasteiger charge is 2.43. The Morgan fingerprint density at radius 1 is 1.32 bits per heavy atom. The third-order valence-electron chi connectivity index (χ3n) is 4.38. The van der Waals surface area contributed by atoms with Gasteiger partial charge in [-0.1, -0.05) is 11.6 Å². The van der Waals surface area contributed by atoms with Crippen molar-refractivity contribution in [2.24, 2.45) is 0 Å². The van der Waals surface area contributed by atoms with Crippen molar-refractivity contribution in [3.63, 3.8) is 0 Å². The lowest BCUT2D eigenvalue weighted by Crippen LogP contribution is -2.53. The van der Waals surface area contributed by atoms with Crippen molar-refractivity contribution in [3.8, 4) is 5.75 Å². The minimum atomic E-state index is -0.502. The summed E-state index contributed by atoms with van der Waals surface area (Å²) in [6.07, 6.45) is 1.68. The van der Waals surface area contributed by atoms with Crippen molar-refractivity contribution >= 4 is 23.4 Å². The number of carbonyl (C=O) groups is 2. The molecule has 1 aromatic carbocycles. The summed E-state index contributed by atoms with van der Waals surface area (Å²) in [7, 11) is 3.48. The second-order valence-corrected chi connectivity index (χ2v) is 6.63. The molecule has 1 saturated heterocycles. The average molecular weight is 323 g/mol. The zero-order valence-corrected chi connectivity index (χ0v) is 13.5. The van der Waals surface area contributed by atoms with Gasteiger partial charge in [0.15, 0.2) is 5.78 Å². The molecule has 1 fully saturated rings. The first-order chi connectivity index (χ1) is 10.4. The van der Waals surface area contributed by atoms with Gasteiger partial charge in [0.25, 0.3) is 0 Å². The van der Waals surface area contributed by atoms with Crippen LogP contribution < -0.4 is 4.74 Å². The lowest BCUT2D eigenvalue weighted by molar-refractivity contribution is -0.00268. The van der Waals surface area contributed by atoms with E-state index < -0.39 is 5.60 Å². The molecule has 1 aromatic rings. The third-order valence-corrected chi connectivity index (χ3v) is 4.62. The van der Waals surface area contributed by atoms with Crippen LogP contribution in [0.1, 0.15) is 29.6 Å². The molecule has 2 aliphatic rings. The minimum absolute atomic E-state index is 0.000399. The van der Waals surface area contributed by atoms with Crippen LogP contribution in [-0.4, -0.2) is 54.4 Å². The van der Waals surface area contributed by atoms with Crippen LogP contribution in [0.15, 0.2) is 18.2 Å². The monoisotopic (exact) mass is 322 g/mol. The Morgan fingerprint density at radius 3 is 2.64 bits per heavy atom. The Morgan fingerprint density at radius 2 is 2.00 bits per heavy atom. The molecule has 5 nitrogen and oxygen atoms in total. The van der Waals surface area contributed by atoms with Gasteiger partial charge in [0.2, 0.25) is 0 Å². The Hall–Kier alpha value is -1.75. The average Bonchev–Trinajstić information content (AvgIpc) is 2.46. The standard InChI is InChI=1S/C16H19ClN2O3/c1-18(2)15(21)19-7-5-16(6-8-19)10-13(20)12-4-3-11(17)9-14(12)22-16/h3-4,9H,5-8,10H2,1-2H3. The summed E-state index contributed by atoms with van der Waals surface area (Å²) in [5, 5.41) is 0.559. The largest absolute Gasteiger partial charge is 0.486 e. The SMILES string of the molecule is CN(C)C(=O)N1CCC2(CC1)CC(=O)c1ccc(Cl)cc1O2. The zero-order chi connectivity index (χ0) is 15.9. The highest BCUT2D eigenvalue weighted by molar-refractivity contribution is 6.30. The maximum Gasteiger partial charge on any atom is 0.319 e. The van der Waals surface area contributed by atoms with Gasteiger partial charge in [-0.05, 0) is 18.2 Å². The van der Waals surface area contributed by atoms with Crippen molar-refractivity contribution in [1.29, 1.82) is 0 Å². The Bertz CT molecular complexity index is 622. The van der Waals surface area contributed by atoms with Crippen LogP contribution in [0.4, 0.5) is 4.79 Å². The van der Waals surface area contributed by atoms with Crippen LogP contribution in [0.2, 0.25) is 5.02 Å². The first kappa shape index (κ1) is 15.2. The number of nitrogens with zero attached hydrogens (tertiary/aromatic N) is 2. The Labute approximate surface area is 134 Å². The van der Waals surface area contributed by atoms with Gasteiger partial charge in [-0.25, -0.2) is 4.79 Å². The van der Waals surface area contributed by atoms with Gasteiger partial charge in [-0.15, -0.1) is 0 Å². The lowest BCUT2D eigenvalue weighted by Gasteiger charge is -2.44. The molecule has 22 heavy (non-hydrogen) atoms. The summed E-state index contributed by atoms with van der Waals surface area (Å²) >= 11 is 6.00. The number of benzene rings is 1. The highest BCUT2D eigenvalue weighted by Crippen LogP contribution is 2.40. The molecular formula is C16H19ClN2O3. The maximum atomic E-state index is 12.4. The number of urea groups is 1. The molecule has 0 aromatic heterocycles. The molecule has 2 amide bonds. The Kier molecular flexibility index (Phi) is 3.77. The van der Waals surface area contributed by atoms with E-state index in [4.69, 9.17) is 16.3 Å². The number of hydrogen-bond acceptors (Lipinski definition) is 3. The molecule has 1 spiro atoms. The molecule has 2 aliphatic heterocycles. The first-order valence-corrected chi connectivity index (χ1v) is 7.76. The van der Waals surface area contributed by atoms with E-state index in [1.54, 1.807) is 42.1 Å². The van der Waals surface area contributed by atoms with Crippen LogP contribution in [0.3, 0.4) is 0 Å². The number of ketones is 1. The minimum Gasteiger partial charge on any atom is -0.486 e. The smallest absolute Gasteiger partial charge is 0.319 e. The van der Waals surface area contributed by atoms with Crippen molar-refractivity contribution in [2.75, 3.05) is 27.2 Å². The van der Waals surface area contributed by atoms with Gasteiger partial charge >= 0.3 is 6.03 Å². The molecule has 118 valence electrons. The number of fused-ring (bicyclic) bond motifs is 1. The molecule has 0 aliphatic carbocycles. The van der Waals surface area contributed by atoms with E-state index in [2.05, 4.69) is 0 Å². The number of halogens is 1. The maximum absolute atomic E-state index is 12.4. The second kappa shape index (κ2) is 5.47. The molecule has 0 bridgehead atoms. The number of ether oxygens (including phenoxy) is 1. The van der Waals surface area contributed by atoms with E-state index in [9.17, 15) is 9.59 Å². The van der Waals surface area contributed by atoms with Gasteiger partial charge in [0, 0.05) is 45.0 Å². The summed E-state index contributed by atoms with van der Waals surface area (Å²) in [5.74, 6) is 0.654. The van der Waals surface area contributed by atoms with Crippen LogP contribution in [-0.2, 0) is 0 Å².